The lowest BCUT2D eigenvalue weighted by Gasteiger charge is -2.33. The van der Waals surface area contributed by atoms with Crippen molar-refractivity contribution < 1.29 is 12.8 Å². The molecule has 2 N–H and O–H groups in total. The van der Waals surface area contributed by atoms with Crippen LogP contribution in [0, 0.1) is 12.7 Å². The fourth-order valence-corrected chi connectivity index (χ4v) is 4.02. The molecule has 1 aliphatic heterocycles. The zero-order valence-electron chi connectivity index (χ0n) is 12.5. The van der Waals surface area contributed by atoms with Gasteiger partial charge in [-0.25, -0.2) is 12.8 Å². The van der Waals surface area contributed by atoms with E-state index in [0.29, 0.717) is 37.4 Å². The number of halogens is 1. The third kappa shape index (κ3) is 3.36. The highest BCUT2D eigenvalue weighted by atomic mass is 32.2. The second-order valence-corrected chi connectivity index (χ2v) is 7.29. The van der Waals surface area contributed by atoms with Gasteiger partial charge in [-0.15, -0.1) is 0 Å². The van der Waals surface area contributed by atoms with Crippen LogP contribution in [0.4, 0.5) is 10.1 Å². The van der Waals surface area contributed by atoms with E-state index >= 15 is 0 Å². The summed E-state index contributed by atoms with van der Waals surface area (Å²) < 4.78 is 40.4. The van der Waals surface area contributed by atoms with Crippen molar-refractivity contribution in [3.05, 3.63) is 23.5 Å². The molecule has 21 heavy (non-hydrogen) atoms. The molecule has 0 saturated carbocycles. The van der Waals surface area contributed by atoms with Crippen LogP contribution in [0.2, 0.25) is 0 Å². The molecule has 0 unspecified atom stereocenters. The fourth-order valence-electron chi connectivity index (χ4n) is 2.52. The number of benzene rings is 1. The number of aryl methyl sites for hydroxylation is 1. The zero-order chi connectivity index (χ0) is 15.6. The summed E-state index contributed by atoms with van der Waals surface area (Å²) in [4.78, 5) is 1.89. The van der Waals surface area contributed by atoms with Gasteiger partial charge in [0, 0.05) is 31.9 Å². The summed E-state index contributed by atoms with van der Waals surface area (Å²) in [6.07, 6.45) is 1.04. The van der Waals surface area contributed by atoms with E-state index in [1.807, 2.05) is 0 Å². The maximum absolute atomic E-state index is 14.0. The van der Waals surface area contributed by atoms with Crippen LogP contribution < -0.4 is 5.73 Å². The minimum absolute atomic E-state index is 0.291. The Kier molecular flexibility index (Phi) is 4.85. The smallest absolute Gasteiger partial charge is 0.246 e. The van der Waals surface area contributed by atoms with Crippen LogP contribution in [0.1, 0.15) is 18.9 Å². The van der Waals surface area contributed by atoms with E-state index in [2.05, 4.69) is 11.8 Å². The van der Waals surface area contributed by atoms with Crippen molar-refractivity contribution in [1.29, 1.82) is 0 Å². The maximum atomic E-state index is 14.0. The predicted octanol–water partition coefficient (Wildman–Crippen LogP) is 1.43. The second-order valence-electron chi connectivity index (χ2n) is 5.38. The molecule has 5 nitrogen and oxygen atoms in total. The summed E-state index contributed by atoms with van der Waals surface area (Å²) in [6, 6.07) is 2.40. The number of nitrogens with two attached hydrogens (primary N) is 1. The van der Waals surface area contributed by atoms with Crippen molar-refractivity contribution in [2.45, 2.75) is 25.2 Å². The van der Waals surface area contributed by atoms with Crippen molar-refractivity contribution in [3.63, 3.8) is 0 Å². The third-order valence-corrected chi connectivity index (χ3v) is 5.72. The first-order chi connectivity index (χ1) is 9.86. The average molecular weight is 315 g/mol. The molecule has 118 valence electrons. The van der Waals surface area contributed by atoms with E-state index in [0.717, 1.165) is 13.0 Å². The molecule has 0 amide bonds. The Morgan fingerprint density at radius 3 is 2.43 bits per heavy atom. The van der Waals surface area contributed by atoms with E-state index in [9.17, 15) is 12.8 Å². The van der Waals surface area contributed by atoms with Crippen molar-refractivity contribution in [2.24, 2.45) is 0 Å². The lowest BCUT2D eigenvalue weighted by Crippen LogP contribution is -2.48. The molecule has 1 aromatic rings. The van der Waals surface area contributed by atoms with Crippen LogP contribution in [0.15, 0.2) is 17.0 Å². The number of hydrogen-bond acceptors (Lipinski definition) is 4. The Hall–Kier alpha value is -1.18. The van der Waals surface area contributed by atoms with Gasteiger partial charge in [-0.2, -0.15) is 4.31 Å². The number of nitrogens with zero attached hydrogens (tertiary/aromatic N) is 2. The van der Waals surface area contributed by atoms with Crippen molar-refractivity contribution in [1.82, 2.24) is 9.21 Å². The molecule has 0 bridgehead atoms. The zero-order valence-corrected chi connectivity index (χ0v) is 13.3. The Morgan fingerprint density at radius 1 is 1.24 bits per heavy atom. The summed E-state index contributed by atoms with van der Waals surface area (Å²) in [5.41, 5.74) is 6.55. The van der Waals surface area contributed by atoms with Crippen LogP contribution in [0.3, 0.4) is 0 Å². The van der Waals surface area contributed by atoms with Gasteiger partial charge in [0.05, 0.1) is 0 Å². The molecule has 0 aromatic heterocycles. The van der Waals surface area contributed by atoms with Gasteiger partial charge in [-0.3, -0.25) is 0 Å². The predicted molar refractivity (Wildman–Crippen MR) is 81.0 cm³/mol. The fraction of sp³-hybridized carbons (Fsp3) is 0.571. The molecule has 0 aliphatic carbocycles. The molecule has 1 heterocycles. The molecular weight excluding hydrogens is 293 g/mol. The van der Waals surface area contributed by atoms with Gasteiger partial charge >= 0.3 is 0 Å². The monoisotopic (exact) mass is 315 g/mol. The minimum Gasteiger partial charge on any atom is -0.398 e. The number of nitrogen functional groups attached to an aromatic ring is 1. The summed E-state index contributed by atoms with van der Waals surface area (Å²) in [7, 11) is -3.82. The maximum Gasteiger partial charge on any atom is 0.246 e. The topological polar surface area (TPSA) is 66.6 Å². The standard InChI is InChI=1S/C14H22FN3O2S/c1-3-4-17-5-7-18(8-6-17)21(19,20)14-10-13(16)11(2)9-12(14)15/h9-10H,3-8,16H2,1-2H3. The molecule has 1 aliphatic rings. The van der Waals surface area contributed by atoms with Gasteiger partial charge in [-0.05, 0) is 37.6 Å². The first-order valence-corrected chi connectivity index (χ1v) is 8.58. The number of sulfonamides is 1. The quantitative estimate of drug-likeness (QED) is 0.854. The van der Waals surface area contributed by atoms with E-state index in [4.69, 9.17) is 5.73 Å². The van der Waals surface area contributed by atoms with Gasteiger partial charge in [0.25, 0.3) is 0 Å². The Labute approximate surface area is 125 Å². The van der Waals surface area contributed by atoms with Crippen molar-refractivity contribution in [2.75, 3.05) is 38.5 Å². The molecule has 0 atom stereocenters. The van der Waals surface area contributed by atoms with E-state index in [1.54, 1.807) is 6.92 Å². The highest BCUT2D eigenvalue weighted by Crippen LogP contribution is 2.25. The molecule has 1 fully saturated rings. The van der Waals surface area contributed by atoms with E-state index in [-0.39, 0.29) is 4.90 Å². The van der Waals surface area contributed by atoms with Gasteiger partial charge < -0.3 is 10.6 Å². The number of piperazine rings is 1. The lowest BCUT2D eigenvalue weighted by atomic mass is 10.2. The van der Waals surface area contributed by atoms with Gasteiger partial charge in [0.15, 0.2) is 0 Å². The van der Waals surface area contributed by atoms with Gasteiger partial charge in [0.1, 0.15) is 10.7 Å². The van der Waals surface area contributed by atoms with Crippen molar-refractivity contribution in [3.8, 4) is 0 Å². The number of anilines is 1. The second kappa shape index (κ2) is 6.29. The van der Waals surface area contributed by atoms with E-state index < -0.39 is 15.8 Å². The summed E-state index contributed by atoms with van der Waals surface area (Å²) in [6.45, 7) is 6.82. The Balaban J connectivity index is 2.22. The number of hydrogen-bond donors (Lipinski definition) is 1. The minimum atomic E-state index is -3.82. The molecule has 1 saturated heterocycles. The average Bonchev–Trinajstić information content (AvgIpc) is 2.43. The van der Waals surface area contributed by atoms with E-state index in [1.165, 1.54) is 16.4 Å². The molecule has 0 spiro atoms. The van der Waals surface area contributed by atoms with Crippen LogP contribution in [-0.2, 0) is 10.0 Å². The first kappa shape index (κ1) is 16.2. The van der Waals surface area contributed by atoms with Gasteiger partial charge in [0.2, 0.25) is 10.0 Å². The largest absolute Gasteiger partial charge is 0.398 e. The highest BCUT2D eigenvalue weighted by molar-refractivity contribution is 7.89. The summed E-state index contributed by atoms with van der Waals surface area (Å²) >= 11 is 0. The van der Waals surface area contributed by atoms with Crippen molar-refractivity contribution >= 4 is 15.7 Å². The molecule has 1 aromatic carbocycles. The molecule has 0 radical (unpaired) electrons. The Morgan fingerprint density at radius 2 is 1.86 bits per heavy atom. The SMILES string of the molecule is CCCN1CCN(S(=O)(=O)c2cc(N)c(C)cc2F)CC1. The molecular formula is C14H22FN3O2S. The van der Waals surface area contributed by atoms with Crippen LogP contribution in [0.25, 0.3) is 0 Å². The normalized spacial score (nSPS) is 18.0. The highest BCUT2D eigenvalue weighted by Gasteiger charge is 2.30. The summed E-state index contributed by atoms with van der Waals surface area (Å²) in [5.74, 6) is -0.738. The first-order valence-electron chi connectivity index (χ1n) is 7.14. The van der Waals surface area contributed by atoms with Crippen LogP contribution in [-0.4, -0.2) is 50.3 Å². The van der Waals surface area contributed by atoms with Crippen LogP contribution in [0.5, 0.6) is 0 Å². The van der Waals surface area contributed by atoms with Gasteiger partial charge in [-0.1, -0.05) is 6.92 Å². The molecule has 2 rings (SSSR count). The van der Waals surface area contributed by atoms with Crippen LogP contribution >= 0.6 is 0 Å². The third-order valence-electron chi connectivity index (χ3n) is 3.81. The lowest BCUT2D eigenvalue weighted by molar-refractivity contribution is 0.188. The summed E-state index contributed by atoms with van der Waals surface area (Å²) in [5, 5.41) is 0. The molecule has 7 heteroatoms. The Bertz CT molecular complexity index is 611. The number of rotatable bonds is 4.